The standard InChI is InChI=1S/C27H28F3N5O4/c1-31-26(34-38-16-36)18-8-9-23(32-14-18)35-12-10-19(11-13-35)37-15-21-24(33-39-25(21)17-6-7-17)20-4-2-3-5-22(20)27(28,29)30/h2-5,8-9,14,16-17,19H,6-7,10-13,15H2,1H3,(H,31,34). The molecule has 2 aliphatic rings. The van der Waals surface area contributed by atoms with Gasteiger partial charge in [-0.3, -0.25) is 4.79 Å². The smallest absolute Gasteiger partial charge is 0.373 e. The highest BCUT2D eigenvalue weighted by molar-refractivity contribution is 5.98. The van der Waals surface area contributed by atoms with Crippen LogP contribution in [0, 0.1) is 0 Å². The molecule has 1 aliphatic carbocycles. The number of halogens is 3. The van der Waals surface area contributed by atoms with Crippen LogP contribution in [0.5, 0.6) is 0 Å². The van der Waals surface area contributed by atoms with E-state index in [4.69, 9.17) is 9.26 Å². The van der Waals surface area contributed by atoms with Gasteiger partial charge in [-0.25, -0.2) is 4.98 Å². The van der Waals surface area contributed by atoms with Gasteiger partial charge < -0.3 is 24.3 Å². The fraction of sp³-hybridized carbons (Fsp3) is 0.407. The zero-order valence-corrected chi connectivity index (χ0v) is 21.3. The van der Waals surface area contributed by atoms with Crippen LogP contribution in [0.1, 0.15) is 54.1 Å². The maximum Gasteiger partial charge on any atom is 0.417 e. The highest BCUT2D eigenvalue weighted by atomic mass is 19.4. The first kappa shape index (κ1) is 26.7. The number of hydrogen-bond acceptors (Lipinski definition) is 8. The average Bonchev–Trinajstić information content (AvgIpc) is 3.71. The van der Waals surface area contributed by atoms with Crippen LogP contribution < -0.4 is 10.2 Å². The van der Waals surface area contributed by atoms with Gasteiger partial charge in [0, 0.05) is 48.9 Å². The molecule has 39 heavy (non-hydrogen) atoms. The van der Waals surface area contributed by atoms with Crippen molar-refractivity contribution in [1.82, 2.24) is 15.5 Å². The number of nitrogens with zero attached hydrogens (tertiary/aromatic N) is 4. The molecule has 12 heteroatoms. The number of carbonyl (C=O) groups is 1. The molecule has 2 fully saturated rings. The van der Waals surface area contributed by atoms with Gasteiger partial charge in [0.15, 0.2) is 5.84 Å². The van der Waals surface area contributed by atoms with Gasteiger partial charge >= 0.3 is 12.6 Å². The third-order valence-electron chi connectivity index (χ3n) is 6.93. The molecule has 0 amide bonds. The van der Waals surface area contributed by atoms with Gasteiger partial charge in [0.1, 0.15) is 17.3 Å². The van der Waals surface area contributed by atoms with Gasteiger partial charge in [0.05, 0.1) is 18.3 Å². The SMILES string of the molecule is CN/C(=N\OC=O)c1ccc(N2CCC(OCc3c(-c4ccccc4C(F)(F)F)noc3C3CC3)CC2)nc1. The number of pyridine rings is 1. The minimum absolute atomic E-state index is 0.00721. The normalized spacial score (nSPS) is 16.8. The summed E-state index contributed by atoms with van der Waals surface area (Å²) >= 11 is 0. The molecule has 1 saturated heterocycles. The molecule has 1 aromatic carbocycles. The quantitative estimate of drug-likeness (QED) is 0.134. The van der Waals surface area contributed by atoms with Crippen LogP contribution in [0.15, 0.2) is 52.3 Å². The summed E-state index contributed by atoms with van der Waals surface area (Å²) in [6.07, 6.45) is 0.412. The molecular formula is C27H28F3N5O4. The summed E-state index contributed by atoms with van der Waals surface area (Å²) in [5.74, 6) is 1.99. The maximum atomic E-state index is 13.7. The van der Waals surface area contributed by atoms with E-state index in [9.17, 15) is 18.0 Å². The molecule has 0 radical (unpaired) electrons. The van der Waals surface area contributed by atoms with E-state index in [0.29, 0.717) is 35.8 Å². The Labute approximate surface area is 223 Å². The lowest BCUT2D eigenvalue weighted by Crippen LogP contribution is -2.37. The van der Waals surface area contributed by atoms with Crippen molar-refractivity contribution >= 4 is 18.1 Å². The predicted octanol–water partition coefficient (Wildman–Crippen LogP) is 4.87. The molecule has 1 N–H and O–H groups in total. The second-order valence-electron chi connectivity index (χ2n) is 9.49. The van der Waals surface area contributed by atoms with Crippen LogP contribution in [0.2, 0.25) is 0 Å². The van der Waals surface area contributed by atoms with E-state index in [2.05, 4.69) is 30.4 Å². The van der Waals surface area contributed by atoms with Crippen molar-refractivity contribution in [1.29, 1.82) is 0 Å². The summed E-state index contributed by atoms with van der Waals surface area (Å²) in [5, 5.41) is 10.6. The summed E-state index contributed by atoms with van der Waals surface area (Å²) < 4.78 is 52.9. The molecule has 0 spiro atoms. The van der Waals surface area contributed by atoms with Gasteiger partial charge in [0.25, 0.3) is 0 Å². The van der Waals surface area contributed by atoms with Crippen molar-refractivity contribution in [3.05, 3.63) is 65.0 Å². The van der Waals surface area contributed by atoms with Crippen LogP contribution in [0.4, 0.5) is 19.0 Å². The monoisotopic (exact) mass is 543 g/mol. The molecule has 3 aromatic rings. The van der Waals surface area contributed by atoms with E-state index in [1.165, 1.54) is 12.1 Å². The number of aromatic nitrogens is 2. The molecule has 1 aliphatic heterocycles. The molecule has 0 atom stereocenters. The lowest BCUT2D eigenvalue weighted by atomic mass is 9.99. The molecule has 3 heterocycles. The Hall–Kier alpha value is -3.93. The van der Waals surface area contributed by atoms with Gasteiger partial charge in [-0.05, 0) is 43.9 Å². The third kappa shape index (κ3) is 6.06. The van der Waals surface area contributed by atoms with E-state index >= 15 is 0 Å². The summed E-state index contributed by atoms with van der Waals surface area (Å²) in [7, 11) is 1.66. The molecule has 0 bridgehead atoms. The summed E-state index contributed by atoms with van der Waals surface area (Å²) in [6.45, 7) is 1.80. The predicted molar refractivity (Wildman–Crippen MR) is 136 cm³/mol. The van der Waals surface area contributed by atoms with E-state index in [-0.39, 0.29) is 36.4 Å². The number of ether oxygens (including phenoxy) is 1. The Morgan fingerprint density at radius 1 is 1.18 bits per heavy atom. The number of amidine groups is 1. The Kier molecular flexibility index (Phi) is 7.82. The molecular weight excluding hydrogens is 515 g/mol. The Bertz CT molecular complexity index is 1310. The number of piperidine rings is 1. The number of benzene rings is 1. The van der Waals surface area contributed by atoms with Crippen LogP contribution >= 0.6 is 0 Å². The number of oxime groups is 1. The van der Waals surface area contributed by atoms with E-state index in [0.717, 1.165) is 37.6 Å². The molecule has 1 saturated carbocycles. The van der Waals surface area contributed by atoms with Crippen LogP contribution in [-0.2, 0) is 27.2 Å². The Balaban J connectivity index is 1.24. The second kappa shape index (κ2) is 11.4. The van der Waals surface area contributed by atoms with Gasteiger partial charge in [-0.1, -0.05) is 28.5 Å². The molecule has 206 valence electrons. The van der Waals surface area contributed by atoms with E-state index in [1.54, 1.807) is 19.3 Å². The van der Waals surface area contributed by atoms with Gasteiger partial charge in [-0.15, -0.1) is 0 Å². The van der Waals surface area contributed by atoms with Crippen LogP contribution in [0.3, 0.4) is 0 Å². The van der Waals surface area contributed by atoms with Crippen molar-refractivity contribution in [3.63, 3.8) is 0 Å². The fourth-order valence-corrected chi connectivity index (χ4v) is 4.76. The number of carbonyl (C=O) groups excluding carboxylic acids is 1. The maximum absolute atomic E-state index is 13.7. The summed E-state index contributed by atoms with van der Waals surface area (Å²) in [4.78, 5) is 21.5. The number of nitrogens with one attached hydrogen (secondary N) is 1. The zero-order valence-electron chi connectivity index (χ0n) is 21.3. The van der Waals surface area contributed by atoms with Gasteiger partial charge in [0.2, 0.25) is 0 Å². The van der Waals surface area contributed by atoms with E-state index < -0.39 is 11.7 Å². The highest BCUT2D eigenvalue weighted by Crippen LogP contribution is 2.46. The average molecular weight is 544 g/mol. The topological polar surface area (TPSA) is 102 Å². The number of hydrogen-bond donors (Lipinski definition) is 1. The van der Waals surface area contributed by atoms with E-state index in [1.807, 2.05) is 12.1 Å². The number of anilines is 1. The van der Waals surface area contributed by atoms with Crippen molar-refractivity contribution < 1.29 is 32.1 Å². The molecule has 9 nitrogen and oxygen atoms in total. The van der Waals surface area contributed by atoms with Crippen molar-refractivity contribution in [2.75, 3.05) is 25.0 Å². The third-order valence-corrected chi connectivity index (χ3v) is 6.93. The number of rotatable bonds is 9. The fourth-order valence-electron chi connectivity index (χ4n) is 4.76. The largest absolute Gasteiger partial charge is 0.417 e. The molecule has 2 aromatic heterocycles. The van der Waals surface area contributed by atoms with Crippen LogP contribution in [-0.4, -0.2) is 48.7 Å². The Morgan fingerprint density at radius 3 is 2.59 bits per heavy atom. The lowest BCUT2D eigenvalue weighted by Gasteiger charge is -2.32. The zero-order chi connectivity index (χ0) is 27.4. The first-order valence-corrected chi connectivity index (χ1v) is 12.7. The number of alkyl halides is 3. The molecule has 5 rings (SSSR count). The second-order valence-corrected chi connectivity index (χ2v) is 9.49. The first-order chi connectivity index (χ1) is 18.9. The summed E-state index contributed by atoms with van der Waals surface area (Å²) in [6, 6.07) is 9.14. The highest BCUT2D eigenvalue weighted by Gasteiger charge is 2.37. The van der Waals surface area contributed by atoms with Crippen LogP contribution in [0.25, 0.3) is 11.3 Å². The first-order valence-electron chi connectivity index (χ1n) is 12.7. The Morgan fingerprint density at radius 2 is 1.95 bits per heavy atom. The minimum atomic E-state index is -4.50. The molecule has 0 unspecified atom stereocenters. The summed E-state index contributed by atoms with van der Waals surface area (Å²) in [5.41, 5.74) is 0.749. The lowest BCUT2D eigenvalue weighted by molar-refractivity contribution is -0.137. The van der Waals surface area contributed by atoms with Crippen molar-refractivity contribution in [3.8, 4) is 11.3 Å². The minimum Gasteiger partial charge on any atom is -0.373 e. The van der Waals surface area contributed by atoms with Crippen molar-refractivity contribution in [2.45, 2.75) is 50.5 Å². The van der Waals surface area contributed by atoms with Gasteiger partial charge in [-0.2, -0.15) is 13.2 Å². The van der Waals surface area contributed by atoms with Crippen molar-refractivity contribution in [2.24, 2.45) is 5.16 Å².